The minimum Gasteiger partial charge on any atom is -0.497 e. The number of anilines is 2. The Kier molecular flexibility index (Phi) is 11.1. The molecule has 3 aromatic rings. The van der Waals surface area contributed by atoms with Crippen molar-refractivity contribution in [3.63, 3.8) is 0 Å². The van der Waals surface area contributed by atoms with Gasteiger partial charge in [0.15, 0.2) is 18.1 Å². The summed E-state index contributed by atoms with van der Waals surface area (Å²) in [5.41, 5.74) is 4.87. The van der Waals surface area contributed by atoms with Gasteiger partial charge in [0.1, 0.15) is 5.75 Å². The average molecular weight is 709 g/mol. The highest BCUT2D eigenvalue weighted by atomic mass is 127. The second-order valence-corrected chi connectivity index (χ2v) is 9.96. The Morgan fingerprint density at radius 2 is 1.69 bits per heavy atom. The van der Waals surface area contributed by atoms with Gasteiger partial charge in [-0.1, -0.05) is 15.9 Å². The van der Waals surface area contributed by atoms with Gasteiger partial charge in [0.2, 0.25) is 0 Å². The summed E-state index contributed by atoms with van der Waals surface area (Å²) in [6.07, 6.45) is 1.37. The predicted octanol–water partition coefficient (Wildman–Crippen LogP) is 4.88. The minimum atomic E-state index is -0.936. The number of hydrogen-bond donors (Lipinski definition) is 3. The number of rotatable bonds is 10. The Morgan fingerprint density at radius 3 is 2.36 bits per heavy atom. The summed E-state index contributed by atoms with van der Waals surface area (Å²) < 4.78 is 18.2. The summed E-state index contributed by atoms with van der Waals surface area (Å²) in [5, 5.41) is 9.14. The van der Waals surface area contributed by atoms with Gasteiger partial charge in [0, 0.05) is 15.8 Å². The lowest BCUT2D eigenvalue weighted by Gasteiger charge is -2.15. The number of nitrogens with one attached hydrogen (secondary N) is 3. The van der Waals surface area contributed by atoms with Gasteiger partial charge in [-0.3, -0.25) is 14.4 Å². The lowest BCUT2D eigenvalue weighted by molar-refractivity contribution is -0.136. The molecule has 0 fully saturated rings. The normalized spacial score (nSPS) is 10.6. The van der Waals surface area contributed by atoms with Crippen molar-refractivity contribution in [3.8, 4) is 17.2 Å². The lowest BCUT2D eigenvalue weighted by Crippen LogP contribution is -2.32. The zero-order valence-corrected chi connectivity index (χ0v) is 25.1. The molecule has 0 heterocycles. The summed E-state index contributed by atoms with van der Waals surface area (Å²) in [5.74, 6) is -0.702. The third kappa shape index (κ3) is 8.96. The molecule has 0 saturated heterocycles. The predicted molar refractivity (Wildman–Crippen MR) is 161 cm³/mol. The van der Waals surface area contributed by atoms with Crippen LogP contribution in [0.2, 0.25) is 0 Å². The largest absolute Gasteiger partial charge is 0.497 e. The van der Waals surface area contributed by atoms with Crippen molar-refractivity contribution in [3.05, 3.63) is 73.8 Å². The molecule has 0 atom stereocenters. The van der Waals surface area contributed by atoms with Crippen LogP contribution in [0.3, 0.4) is 0 Å². The number of ether oxygens (including phenoxy) is 3. The van der Waals surface area contributed by atoms with E-state index in [0.717, 1.165) is 10.0 Å². The van der Waals surface area contributed by atoms with E-state index >= 15 is 0 Å². The SMILES string of the molecule is CCOc1cc(/C=N\NC(=O)C(=O)Nc2ccc(OC)cc2)cc(I)c1OCC(=O)Nc1ccc(Br)c(C)c1. The molecule has 12 heteroatoms. The maximum Gasteiger partial charge on any atom is 0.329 e. The number of amides is 3. The Morgan fingerprint density at radius 1 is 0.974 bits per heavy atom. The third-order valence-electron chi connectivity index (χ3n) is 5.05. The van der Waals surface area contributed by atoms with Crippen LogP contribution in [0.1, 0.15) is 18.1 Å². The molecule has 0 spiro atoms. The van der Waals surface area contributed by atoms with Crippen LogP contribution in [-0.4, -0.2) is 44.3 Å². The van der Waals surface area contributed by atoms with Gasteiger partial charge in [-0.15, -0.1) is 0 Å². The highest BCUT2D eigenvalue weighted by molar-refractivity contribution is 14.1. The number of hydrazone groups is 1. The van der Waals surface area contributed by atoms with Crippen LogP contribution in [-0.2, 0) is 14.4 Å². The van der Waals surface area contributed by atoms with Crippen molar-refractivity contribution in [2.45, 2.75) is 13.8 Å². The summed E-state index contributed by atoms with van der Waals surface area (Å²) >= 11 is 5.49. The van der Waals surface area contributed by atoms with Gasteiger partial charge in [-0.25, -0.2) is 5.43 Å². The van der Waals surface area contributed by atoms with Crippen LogP contribution >= 0.6 is 38.5 Å². The molecule has 3 N–H and O–H groups in total. The topological polar surface area (TPSA) is 127 Å². The molecule has 0 aromatic heterocycles. The summed E-state index contributed by atoms with van der Waals surface area (Å²) in [4.78, 5) is 36.7. The van der Waals surface area contributed by atoms with E-state index in [4.69, 9.17) is 14.2 Å². The fourth-order valence-electron chi connectivity index (χ4n) is 3.20. The first-order chi connectivity index (χ1) is 18.7. The lowest BCUT2D eigenvalue weighted by atomic mass is 10.2. The van der Waals surface area contributed by atoms with Crippen molar-refractivity contribution in [2.75, 3.05) is 31.0 Å². The molecule has 0 saturated carbocycles. The minimum absolute atomic E-state index is 0.224. The number of nitrogens with zero attached hydrogens (tertiary/aromatic N) is 1. The zero-order valence-electron chi connectivity index (χ0n) is 21.3. The molecular weight excluding hydrogens is 683 g/mol. The molecule has 3 amide bonds. The van der Waals surface area contributed by atoms with E-state index in [1.54, 1.807) is 42.5 Å². The molecular formula is C27H26BrIN4O6. The van der Waals surface area contributed by atoms with Gasteiger partial charge in [0.25, 0.3) is 5.91 Å². The van der Waals surface area contributed by atoms with Crippen LogP contribution in [0.15, 0.2) is 64.2 Å². The Balaban J connectivity index is 1.60. The van der Waals surface area contributed by atoms with Crippen LogP contribution in [0.4, 0.5) is 11.4 Å². The Hall–Kier alpha value is -3.65. The average Bonchev–Trinajstić information content (AvgIpc) is 2.91. The fourth-order valence-corrected chi connectivity index (χ4v) is 4.23. The molecule has 39 heavy (non-hydrogen) atoms. The van der Waals surface area contributed by atoms with Gasteiger partial charge in [-0.05, 0) is 102 Å². The number of hydrogen-bond acceptors (Lipinski definition) is 7. The highest BCUT2D eigenvalue weighted by Gasteiger charge is 2.15. The van der Waals surface area contributed by atoms with E-state index in [1.165, 1.54) is 13.3 Å². The van der Waals surface area contributed by atoms with Crippen LogP contribution in [0.5, 0.6) is 17.2 Å². The standard InChI is InChI=1S/C27H26BrIN4O6/c1-4-38-23-13-17(14-30-33-27(36)26(35)32-18-5-8-20(37-3)9-6-18)12-22(29)25(23)39-15-24(34)31-19-7-10-21(28)16(2)11-19/h5-14H,4,15H2,1-3H3,(H,31,34)(H,32,35)(H,33,36)/b30-14-. The monoisotopic (exact) mass is 708 g/mol. The molecule has 0 unspecified atom stereocenters. The number of halogens is 2. The Labute approximate surface area is 247 Å². The number of carbonyl (C=O) groups excluding carboxylic acids is 3. The zero-order chi connectivity index (χ0) is 28.4. The van der Waals surface area contributed by atoms with E-state index < -0.39 is 11.8 Å². The summed E-state index contributed by atoms with van der Waals surface area (Å²) in [6.45, 7) is 3.89. The van der Waals surface area contributed by atoms with Crippen molar-refractivity contribution in [1.82, 2.24) is 5.43 Å². The molecule has 0 aliphatic carbocycles. The van der Waals surface area contributed by atoms with E-state index in [-0.39, 0.29) is 12.5 Å². The number of benzene rings is 3. The molecule has 10 nitrogen and oxygen atoms in total. The van der Waals surface area contributed by atoms with E-state index in [9.17, 15) is 14.4 Å². The second-order valence-electron chi connectivity index (χ2n) is 7.95. The van der Waals surface area contributed by atoms with Gasteiger partial charge in [0.05, 0.1) is 23.5 Å². The van der Waals surface area contributed by atoms with Gasteiger partial charge < -0.3 is 24.8 Å². The molecule has 0 bridgehead atoms. The smallest absolute Gasteiger partial charge is 0.329 e. The van der Waals surface area contributed by atoms with E-state index in [1.807, 2.05) is 26.0 Å². The number of carbonyl (C=O) groups is 3. The third-order valence-corrected chi connectivity index (χ3v) is 6.75. The van der Waals surface area contributed by atoms with Crippen LogP contribution in [0.25, 0.3) is 0 Å². The molecule has 0 aliphatic rings. The number of methoxy groups -OCH3 is 1. The maximum absolute atomic E-state index is 12.4. The first kappa shape index (κ1) is 29.9. The van der Waals surface area contributed by atoms with Crippen molar-refractivity contribution < 1.29 is 28.6 Å². The van der Waals surface area contributed by atoms with Crippen LogP contribution in [0, 0.1) is 10.5 Å². The first-order valence-corrected chi connectivity index (χ1v) is 13.5. The quantitative estimate of drug-likeness (QED) is 0.119. The van der Waals surface area contributed by atoms with Crippen molar-refractivity contribution in [1.29, 1.82) is 0 Å². The Bertz CT molecular complexity index is 1380. The molecule has 0 aliphatic heterocycles. The van der Waals surface area contributed by atoms with E-state index in [0.29, 0.717) is 44.4 Å². The summed E-state index contributed by atoms with van der Waals surface area (Å²) in [7, 11) is 1.53. The molecule has 0 radical (unpaired) electrons. The molecule has 3 rings (SSSR count). The maximum atomic E-state index is 12.4. The second kappa shape index (κ2) is 14.5. The summed E-state index contributed by atoms with van der Waals surface area (Å²) in [6, 6.07) is 15.4. The van der Waals surface area contributed by atoms with Gasteiger partial charge >= 0.3 is 11.8 Å². The molecule has 3 aromatic carbocycles. The first-order valence-electron chi connectivity index (χ1n) is 11.6. The van der Waals surface area contributed by atoms with E-state index in [2.05, 4.69) is 59.7 Å². The number of aryl methyl sites for hydroxylation is 1. The van der Waals surface area contributed by atoms with Crippen molar-refractivity contribution >= 4 is 73.8 Å². The highest BCUT2D eigenvalue weighted by Crippen LogP contribution is 2.34. The fraction of sp³-hybridized carbons (Fsp3) is 0.185. The van der Waals surface area contributed by atoms with Gasteiger partial charge in [-0.2, -0.15) is 5.10 Å². The van der Waals surface area contributed by atoms with Crippen LogP contribution < -0.4 is 30.3 Å². The molecule has 204 valence electrons. The van der Waals surface area contributed by atoms with Crippen molar-refractivity contribution in [2.24, 2.45) is 5.10 Å².